The molecule has 1 fully saturated rings. The Morgan fingerprint density at radius 2 is 2.18 bits per heavy atom. The van der Waals surface area contributed by atoms with E-state index in [0.717, 1.165) is 57.1 Å². The maximum absolute atomic E-state index is 8.76. The molecule has 17 heavy (non-hydrogen) atoms. The molecule has 6 heteroatoms. The molecule has 2 rings (SSSR count). The number of aromatic nitrogens is 3. The maximum Gasteiger partial charge on any atom is 0.244 e. The lowest BCUT2D eigenvalue weighted by Crippen LogP contribution is -2.36. The Kier molecular flexibility index (Phi) is 4.33. The summed E-state index contributed by atoms with van der Waals surface area (Å²) in [6.07, 6.45) is 3.72. The number of nitrogens with zero attached hydrogens (tertiary/aromatic N) is 3. The fraction of sp³-hybridized carbons (Fsp3) is 0.818. The van der Waals surface area contributed by atoms with E-state index < -0.39 is 0 Å². The summed E-state index contributed by atoms with van der Waals surface area (Å²) in [5.41, 5.74) is 5.67. The molecule has 0 radical (unpaired) electrons. The zero-order valence-corrected chi connectivity index (χ0v) is 10.1. The van der Waals surface area contributed by atoms with E-state index in [2.05, 4.69) is 20.1 Å². The van der Waals surface area contributed by atoms with Gasteiger partial charge in [-0.2, -0.15) is 4.98 Å². The minimum absolute atomic E-state index is 0.192. The molecule has 1 aromatic rings. The molecule has 1 aliphatic rings. The number of hydrogen-bond acceptors (Lipinski definition) is 5. The molecule has 1 aromatic heterocycles. The van der Waals surface area contributed by atoms with Crippen molar-refractivity contribution < 1.29 is 5.11 Å². The number of hydrogen-bond donors (Lipinski definition) is 3. The normalized spacial score (nSPS) is 17.6. The van der Waals surface area contributed by atoms with Crippen molar-refractivity contribution in [1.82, 2.24) is 15.2 Å². The van der Waals surface area contributed by atoms with Crippen molar-refractivity contribution in [2.45, 2.75) is 25.7 Å². The van der Waals surface area contributed by atoms with Gasteiger partial charge in [0.15, 0.2) is 0 Å². The highest BCUT2D eigenvalue weighted by atomic mass is 16.2. The summed E-state index contributed by atoms with van der Waals surface area (Å²) in [5, 5.41) is 15.9. The molecule has 2 heterocycles. The second-order valence-corrected chi connectivity index (χ2v) is 4.58. The average Bonchev–Trinajstić information content (AvgIpc) is 2.85. The zero-order valence-electron chi connectivity index (χ0n) is 10.1. The molecule has 0 bridgehead atoms. The van der Waals surface area contributed by atoms with Gasteiger partial charge in [-0.1, -0.05) is 0 Å². The summed E-state index contributed by atoms with van der Waals surface area (Å²) in [6, 6.07) is 0. The van der Waals surface area contributed by atoms with Gasteiger partial charge >= 0.3 is 0 Å². The molecule has 4 N–H and O–H groups in total. The molecule has 0 atom stereocenters. The van der Waals surface area contributed by atoms with Crippen LogP contribution in [0.2, 0.25) is 0 Å². The van der Waals surface area contributed by atoms with Gasteiger partial charge in [-0.3, -0.25) is 5.10 Å². The second kappa shape index (κ2) is 5.97. The highest BCUT2D eigenvalue weighted by Crippen LogP contribution is 2.19. The number of aliphatic hydroxyl groups is 1. The highest BCUT2D eigenvalue weighted by molar-refractivity contribution is 5.29. The summed E-state index contributed by atoms with van der Waals surface area (Å²) >= 11 is 0. The summed E-state index contributed by atoms with van der Waals surface area (Å²) in [5.74, 6) is 2.29. The number of rotatable bonds is 5. The van der Waals surface area contributed by atoms with Crippen molar-refractivity contribution in [3.63, 3.8) is 0 Å². The maximum atomic E-state index is 8.76. The van der Waals surface area contributed by atoms with Crippen LogP contribution < -0.4 is 10.6 Å². The van der Waals surface area contributed by atoms with Crippen LogP contribution in [0.4, 0.5) is 5.95 Å². The molecule has 0 saturated carbocycles. The Labute approximate surface area is 101 Å². The minimum Gasteiger partial charge on any atom is -0.396 e. The molecular weight excluding hydrogens is 218 g/mol. The first kappa shape index (κ1) is 12.3. The van der Waals surface area contributed by atoms with E-state index in [1.165, 1.54) is 0 Å². The monoisotopic (exact) mass is 239 g/mol. The van der Waals surface area contributed by atoms with Gasteiger partial charge in [0.25, 0.3) is 0 Å². The van der Waals surface area contributed by atoms with E-state index in [4.69, 9.17) is 10.8 Å². The quantitative estimate of drug-likeness (QED) is 0.667. The number of nitrogens with two attached hydrogens (primary N) is 1. The standard InChI is InChI=1S/C11H21N5O/c12-8-9-3-5-16(6-4-9)11-13-10(14-15-11)2-1-7-17/h9,17H,1-8,12H2,(H,13,14,15). The molecule has 96 valence electrons. The van der Waals surface area contributed by atoms with E-state index in [-0.39, 0.29) is 6.61 Å². The van der Waals surface area contributed by atoms with E-state index >= 15 is 0 Å². The largest absolute Gasteiger partial charge is 0.396 e. The number of aryl methyl sites for hydroxylation is 1. The lowest BCUT2D eigenvalue weighted by molar-refractivity contribution is 0.287. The first-order valence-electron chi connectivity index (χ1n) is 6.30. The van der Waals surface area contributed by atoms with Gasteiger partial charge in [0.2, 0.25) is 5.95 Å². The van der Waals surface area contributed by atoms with Crippen LogP contribution in [0.5, 0.6) is 0 Å². The Morgan fingerprint density at radius 3 is 2.82 bits per heavy atom. The zero-order chi connectivity index (χ0) is 12.1. The van der Waals surface area contributed by atoms with Crippen molar-refractivity contribution in [2.75, 3.05) is 31.1 Å². The van der Waals surface area contributed by atoms with Crippen LogP contribution in [-0.2, 0) is 6.42 Å². The summed E-state index contributed by atoms with van der Waals surface area (Å²) in [6.45, 7) is 2.94. The topological polar surface area (TPSA) is 91.1 Å². The molecule has 6 nitrogen and oxygen atoms in total. The van der Waals surface area contributed by atoms with Gasteiger partial charge in [-0.05, 0) is 31.7 Å². The van der Waals surface area contributed by atoms with Gasteiger partial charge in [0, 0.05) is 26.1 Å². The van der Waals surface area contributed by atoms with Crippen LogP contribution in [0, 0.1) is 5.92 Å². The Bertz CT molecular complexity index is 332. The van der Waals surface area contributed by atoms with Crippen LogP contribution >= 0.6 is 0 Å². The predicted octanol–water partition coefficient (Wildman–Crippen LogP) is -0.0953. The van der Waals surface area contributed by atoms with Crippen molar-refractivity contribution in [2.24, 2.45) is 11.7 Å². The number of nitrogens with one attached hydrogen (secondary N) is 1. The average molecular weight is 239 g/mol. The van der Waals surface area contributed by atoms with E-state index in [1.54, 1.807) is 0 Å². The minimum atomic E-state index is 0.192. The van der Waals surface area contributed by atoms with Gasteiger partial charge < -0.3 is 15.7 Å². The third kappa shape index (κ3) is 3.17. The Balaban J connectivity index is 1.87. The van der Waals surface area contributed by atoms with E-state index in [9.17, 15) is 0 Å². The van der Waals surface area contributed by atoms with Crippen LogP contribution in [0.25, 0.3) is 0 Å². The summed E-state index contributed by atoms with van der Waals surface area (Å²) < 4.78 is 0. The van der Waals surface area contributed by atoms with Gasteiger partial charge in [0.1, 0.15) is 5.82 Å². The lowest BCUT2D eigenvalue weighted by atomic mass is 9.97. The molecule has 0 amide bonds. The third-order valence-corrected chi connectivity index (χ3v) is 3.32. The van der Waals surface area contributed by atoms with Crippen LogP contribution in [0.1, 0.15) is 25.1 Å². The molecular formula is C11H21N5O. The number of anilines is 1. The van der Waals surface area contributed by atoms with Crippen molar-refractivity contribution in [1.29, 1.82) is 0 Å². The van der Waals surface area contributed by atoms with E-state index in [1.807, 2.05) is 0 Å². The van der Waals surface area contributed by atoms with Crippen molar-refractivity contribution in [3.05, 3.63) is 5.82 Å². The second-order valence-electron chi connectivity index (χ2n) is 4.58. The number of H-pyrrole nitrogens is 1. The SMILES string of the molecule is NCC1CCN(c2n[nH]c(CCCO)n2)CC1. The third-order valence-electron chi connectivity index (χ3n) is 3.32. The van der Waals surface area contributed by atoms with Crippen LogP contribution in [0.3, 0.4) is 0 Å². The predicted molar refractivity (Wildman–Crippen MR) is 65.8 cm³/mol. The van der Waals surface area contributed by atoms with Crippen molar-refractivity contribution in [3.8, 4) is 0 Å². The van der Waals surface area contributed by atoms with Crippen molar-refractivity contribution >= 4 is 5.95 Å². The summed E-state index contributed by atoms with van der Waals surface area (Å²) in [7, 11) is 0. The number of aliphatic hydroxyl groups excluding tert-OH is 1. The highest BCUT2D eigenvalue weighted by Gasteiger charge is 2.20. The molecule has 1 aliphatic heterocycles. The van der Waals surface area contributed by atoms with Gasteiger partial charge in [0.05, 0.1) is 0 Å². The number of aromatic amines is 1. The number of piperidine rings is 1. The molecule has 0 unspecified atom stereocenters. The molecule has 0 aliphatic carbocycles. The Hall–Kier alpha value is -1.14. The fourth-order valence-corrected chi connectivity index (χ4v) is 2.15. The van der Waals surface area contributed by atoms with Crippen LogP contribution in [-0.4, -0.2) is 46.5 Å². The lowest BCUT2D eigenvalue weighted by Gasteiger charge is -2.30. The Morgan fingerprint density at radius 1 is 1.41 bits per heavy atom. The molecule has 0 spiro atoms. The molecule has 1 saturated heterocycles. The van der Waals surface area contributed by atoms with Crippen LogP contribution in [0.15, 0.2) is 0 Å². The van der Waals surface area contributed by atoms with Gasteiger partial charge in [-0.25, -0.2) is 0 Å². The van der Waals surface area contributed by atoms with Gasteiger partial charge in [-0.15, -0.1) is 5.10 Å². The molecule has 0 aromatic carbocycles. The first-order valence-corrected chi connectivity index (χ1v) is 6.30. The van der Waals surface area contributed by atoms with E-state index in [0.29, 0.717) is 5.92 Å². The first-order chi connectivity index (χ1) is 8.33. The fourth-order valence-electron chi connectivity index (χ4n) is 2.15. The smallest absolute Gasteiger partial charge is 0.244 e. The summed E-state index contributed by atoms with van der Waals surface area (Å²) in [4.78, 5) is 6.64.